The molecular formula is C18H24N2O5S2. The molecule has 148 valence electrons. The quantitative estimate of drug-likeness (QED) is 0.709. The van der Waals surface area contributed by atoms with Crippen molar-refractivity contribution >= 4 is 19.9 Å². The third-order valence-corrected chi connectivity index (χ3v) is 6.87. The van der Waals surface area contributed by atoms with Gasteiger partial charge >= 0.3 is 0 Å². The van der Waals surface area contributed by atoms with E-state index < -0.39 is 19.9 Å². The predicted molar refractivity (Wildman–Crippen MR) is 104 cm³/mol. The first-order valence-corrected chi connectivity index (χ1v) is 11.5. The van der Waals surface area contributed by atoms with Crippen LogP contribution in [0.5, 0.6) is 5.75 Å². The average Bonchev–Trinajstić information content (AvgIpc) is 2.61. The third kappa shape index (κ3) is 5.29. The fourth-order valence-corrected chi connectivity index (χ4v) is 5.36. The zero-order chi connectivity index (χ0) is 20.2. The molecule has 0 radical (unpaired) electrons. The highest BCUT2D eigenvalue weighted by molar-refractivity contribution is 7.93. The van der Waals surface area contributed by atoms with Crippen LogP contribution < -0.4 is 9.46 Å². The number of sulfonamides is 1. The summed E-state index contributed by atoms with van der Waals surface area (Å²) in [5.41, 5.74) is 0.874. The van der Waals surface area contributed by atoms with Crippen molar-refractivity contribution in [2.75, 3.05) is 34.0 Å². The highest BCUT2D eigenvalue weighted by Crippen LogP contribution is 2.24. The number of sulfone groups is 1. The van der Waals surface area contributed by atoms with Crippen LogP contribution in [0.2, 0.25) is 0 Å². The maximum atomic E-state index is 12.8. The molecule has 0 aliphatic carbocycles. The Morgan fingerprint density at radius 1 is 1.00 bits per heavy atom. The minimum Gasteiger partial charge on any atom is -0.497 e. The SMILES string of the molecule is COc1cccc(C(CNS(=O)(=O)c2ccccc2S(C)(=O)=O)N(C)C)c1. The second-order valence-electron chi connectivity index (χ2n) is 6.33. The summed E-state index contributed by atoms with van der Waals surface area (Å²) in [7, 11) is -2.46. The highest BCUT2D eigenvalue weighted by atomic mass is 32.2. The van der Waals surface area contributed by atoms with Gasteiger partial charge in [-0.15, -0.1) is 0 Å². The van der Waals surface area contributed by atoms with Gasteiger partial charge < -0.3 is 9.64 Å². The lowest BCUT2D eigenvalue weighted by molar-refractivity contribution is 0.298. The number of rotatable bonds is 8. The number of nitrogens with one attached hydrogen (secondary N) is 1. The van der Waals surface area contributed by atoms with Crippen molar-refractivity contribution in [1.29, 1.82) is 0 Å². The van der Waals surface area contributed by atoms with Crippen molar-refractivity contribution in [3.63, 3.8) is 0 Å². The van der Waals surface area contributed by atoms with E-state index in [-0.39, 0.29) is 22.4 Å². The van der Waals surface area contributed by atoms with Gasteiger partial charge in [-0.05, 0) is 43.9 Å². The van der Waals surface area contributed by atoms with Crippen LogP contribution in [0.3, 0.4) is 0 Å². The smallest absolute Gasteiger partial charge is 0.241 e. The van der Waals surface area contributed by atoms with Crippen molar-refractivity contribution in [3.05, 3.63) is 54.1 Å². The molecule has 0 amide bonds. The molecule has 1 atom stereocenters. The molecule has 0 bridgehead atoms. The molecule has 0 aromatic heterocycles. The number of benzene rings is 2. The molecule has 27 heavy (non-hydrogen) atoms. The van der Waals surface area contributed by atoms with Gasteiger partial charge in [-0.2, -0.15) is 0 Å². The van der Waals surface area contributed by atoms with Gasteiger partial charge in [-0.3, -0.25) is 0 Å². The van der Waals surface area contributed by atoms with Gasteiger partial charge in [0.05, 0.1) is 12.0 Å². The molecule has 0 fully saturated rings. The molecule has 1 N–H and O–H groups in total. The third-order valence-electron chi connectivity index (χ3n) is 4.11. The van der Waals surface area contributed by atoms with Crippen LogP contribution in [0.4, 0.5) is 0 Å². The zero-order valence-electron chi connectivity index (χ0n) is 15.7. The summed E-state index contributed by atoms with van der Waals surface area (Å²) in [5.74, 6) is 0.671. The van der Waals surface area contributed by atoms with E-state index in [1.165, 1.54) is 24.3 Å². The fraction of sp³-hybridized carbons (Fsp3) is 0.333. The second kappa shape index (κ2) is 8.39. The Morgan fingerprint density at radius 2 is 1.63 bits per heavy atom. The maximum Gasteiger partial charge on any atom is 0.241 e. The van der Waals surface area contributed by atoms with Crippen molar-refractivity contribution in [2.24, 2.45) is 0 Å². The number of nitrogens with zero attached hydrogens (tertiary/aromatic N) is 1. The highest BCUT2D eigenvalue weighted by Gasteiger charge is 2.25. The maximum absolute atomic E-state index is 12.8. The predicted octanol–water partition coefficient (Wildman–Crippen LogP) is 1.68. The molecule has 2 rings (SSSR count). The van der Waals surface area contributed by atoms with E-state index in [0.717, 1.165) is 11.8 Å². The van der Waals surface area contributed by atoms with E-state index in [4.69, 9.17) is 4.74 Å². The second-order valence-corrected chi connectivity index (χ2v) is 10.0. The molecule has 0 aliphatic heterocycles. The van der Waals surface area contributed by atoms with Gasteiger partial charge in [-0.1, -0.05) is 24.3 Å². The van der Waals surface area contributed by atoms with E-state index in [1.54, 1.807) is 7.11 Å². The standard InChI is InChI=1S/C18H24N2O5S2/c1-20(2)16(14-8-7-9-15(12-14)25-3)13-19-27(23,24)18-11-6-5-10-17(18)26(4,21)22/h5-12,16,19H,13H2,1-4H3. The molecular weight excluding hydrogens is 388 g/mol. The summed E-state index contributed by atoms with van der Waals surface area (Å²) in [6.45, 7) is 0.0700. The van der Waals surface area contributed by atoms with Gasteiger partial charge in [0.2, 0.25) is 10.0 Å². The number of ether oxygens (including phenoxy) is 1. The lowest BCUT2D eigenvalue weighted by Gasteiger charge is -2.25. The number of hydrogen-bond acceptors (Lipinski definition) is 6. The van der Waals surface area contributed by atoms with Crippen molar-refractivity contribution in [2.45, 2.75) is 15.8 Å². The van der Waals surface area contributed by atoms with Crippen LogP contribution in [0.25, 0.3) is 0 Å². The van der Waals surface area contributed by atoms with E-state index in [1.807, 2.05) is 43.3 Å². The Labute approximate surface area is 160 Å². The fourth-order valence-electron chi connectivity index (χ4n) is 2.69. The zero-order valence-corrected chi connectivity index (χ0v) is 17.3. The monoisotopic (exact) mass is 412 g/mol. The van der Waals surface area contributed by atoms with Crippen LogP contribution in [0.15, 0.2) is 58.3 Å². The van der Waals surface area contributed by atoms with Gasteiger partial charge in [-0.25, -0.2) is 21.6 Å². The van der Waals surface area contributed by atoms with Gasteiger partial charge in [0.1, 0.15) is 10.6 Å². The van der Waals surface area contributed by atoms with Crippen molar-refractivity contribution in [3.8, 4) is 5.75 Å². The molecule has 2 aromatic carbocycles. The molecule has 0 aliphatic rings. The first kappa shape index (κ1) is 21.4. The summed E-state index contributed by atoms with van der Waals surface area (Å²) in [6.07, 6.45) is 0.986. The van der Waals surface area contributed by atoms with Crippen LogP contribution in [-0.2, 0) is 19.9 Å². The Bertz CT molecular complexity index is 1000. The van der Waals surface area contributed by atoms with Crippen LogP contribution in [-0.4, -0.2) is 55.7 Å². The molecule has 0 heterocycles. The van der Waals surface area contributed by atoms with E-state index in [9.17, 15) is 16.8 Å². The van der Waals surface area contributed by atoms with Crippen molar-refractivity contribution < 1.29 is 21.6 Å². The van der Waals surface area contributed by atoms with Crippen LogP contribution in [0, 0.1) is 0 Å². The normalized spacial score (nSPS) is 13.5. The lowest BCUT2D eigenvalue weighted by Crippen LogP contribution is -2.35. The van der Waals surface area contributed by atoms with Crippen molar-refractivity contribution in [1.82, 2.24) is 9.62 Å². The number of methoxy groups -OCH3 is 1. The average molecular weight is 413 g/mol. The Hall–Kier alpha value is -1.94. The van der Waals surface area contributed by atoms with Gasteiger partial charge in [0.15, 0.2) is 9.84 Å². The van der Waals surface area contributed by atoms with E-state index in [0.29, 0.717) is 5.75 Å². The first-order valence-electron chi connectivity index (χ1n) is 8.15. The minimum absolute atomic E-state index is 0.0700. The summed E-state index contributed by atoms with van der Waals surface area (Å²) in [4.78, 5) is 1.40. The van der Waals surface area contributed by atoms with Gasteiger partial charge in [0, 0.05) is 18.8 Å². The minimum atomic E-state index is -4.01. The topological polar surface area (TPSA) is 92.8 Å². The van der Waals surface area contributed by atoms with Gasteiger partial charge in [0.25, 0.3) is 0 Å². The summed E-state index contributed by atoms with van der Waals surface area (Å²) >= 11 is 0. The molecule has 0 spiro atoms. The number of likely N-dealkylation sites (N-methyl/N-ethyl adjacent to an activating group) is 1. The molecule has 0 saturated heterocycles. The lowest BCUT2D eigenvalue weighted by atomic mass is 10.1. The summed E-state index contributed by atoms with van der Waals surface area (Å²) in [6, 6.07) is 12.7. The first-order chi connectivity index (χ1) is 12.6. The Kier molecular flexibility index (Phi) is 6.63. The summed E-state index contributed by atoms with van der Waals surface area (Å²) < 4.78 is 57.1. The molecule has 9 heteroatoms. The van der Waals surface area contributed by atoms with Crippen LogP contribution in [0.1, 0.15) is 11.6 Å². The van der Waals surface area contributed by atoms with Crippen LogP contribution >= 0.6 is 0 Å². The van der Waals surface area contributed by atoms with E-state index in [2.05, 4.69) is 4.72 Å². The molecule has 1 unspecified atom stereocenters. The summed E-state index contributed by atoms with van der Waals surface area (Å²) in [5, 5.41) is 0. The Balaban J connectivity index is 2.32. The largest absolute Gasteiger partial charge is 0.497 e. The molecule has 7 nitrogen and oxygen atoms in total. The molecule has 2 aromatic rings. The van der Waals surface area contributed by atoms with E-state index >= 15 is 0 Å². The Morgan fingerprint density at radius 3 is 2.19 bits per heavy atom. The number of hydrogen-bond donors (Lipinski definition) is 1. The molecule has 0 saturated carbocycles.